The molecule has 3 aromatic rings. The molecule has 1 aliphatic carbocycles. The monoisotopic (exact) mass is 585 g/mol. The smallest absolute Gasteiger partial charge is 0.162 e. The van der Waals surface area contributed by atoms with E-state index in [0.29, 0.717) is 41.3 Å². The summed E-state index contributed by atoms with van der Waals surface area (Å²) in [5, 5.41) is 10.7. The standard InChI is InChI=1S/C34H33ClFN3O3/c1-19-12-21(18-42-30-11-6-22(36)14-27(30)35)20(2)25(13-19)31-26(17-37)33(38)39(23-7-9-24(41-5)10-8-23)28-15-34(3,4)16-29(40)32(28)31/h6-14,31H,15-16,18,38H2,1-5H3. The van der Waals surface area contributed by atoms with E-state index >= 15 is 0 Å². The number of hydrogen-bond acceptors (Lipinski definition) is 6. The molecule has 2 aliphatic rings. The number of hydrogen-bond donors (Lipinski definition) is 1. The summed E-state index contributed by atoms with van der Waals surface area (Å²) in [4.78, 5) is 15.8. The zero-order valence-electron chi connectivity index (χ0n) is 24.3. The van der Waals surface area contributed by atoms with Crippen LogP contribution in [0.4, 0.5) is 10.1 Å². The maximum atomic E-state index is 14.0. The second-order valence-electron chi connectivity index (χ2n) is 11.7. The van der Waals surface area contributed by atoms with Crippen LogP contribution in [0.2, 0.25) is 5.02 Å². The quantitative estimate of drug-likeness (QED) is 0.320. The molecule has 0 amide bonds. The molecule has 0 spiro atoms. The minimum atomic E-state index is -0.629. The number of Topliss-reactive ketones (excluding diaryl/α,β-unsaturated/α-hetero) is 1. The highest BCUT2D eigenvalue weighted by molar-refractivity contribution is 6.32. The van der Waals surface area contributed by atoms with Crippen molar-refractivity contribution in [2.75, 3.05) is 12.0 Å². The van der Waals surface area contributed by atoms with Crippen molar-refractivity contribution in [2.24, 2.45) is 11.1 Å². The number of carbonyl (C=O) groups is 1. The number of benzene rings is 3. The van der Waals surface area contributed by atoms with Crippen molar-refractivity contribution < 1.29 is 18.7 Å². The van der Waals surface area contributed by atoms with Crippen LogP contribution < -0.4 is 20.1 Å². The van der Waals surface area contributed by atoms with Crippen LogP contribution in [0.3, 0.4) is 0 Å². The number of nitrogens with two attached hydrogens (primary N) is 1. The molecule has 42 heavy (non-hydrogen) atoms. The van der Waals surface area contributed by atoms with E-state index in [2.05, 4.69) is 19.9 Å². The molecule has 0 saturated carbocycles. The van der Waals surface area contributed by atoms with Gasteiger partial charge in [-0.1, -0.05) is 43.1 Å². The maximum Gasteiger partial charge on any atom is 0.162 e. The molecule has 0 fully saturated rings. The number of methoxy groups -OCH3 is 1. The number of carbonyl (C=O) groups excluding carboxylic acids is 1. The van der Waals surface area contributed by atoms with Crippen LogP contribution in [0.1, 0.15) is 54.9 Å². The number of aryl methyl sites for hydroxylation is 1. The average Bonchev–Trinajstić information content (AvgIpc) is 2.93. The van der Waals surface area contributed by atoms with Crippen molar-refractivity contribution in [1.29, 1.82) is 5.26 Å². The summed E-state index contributed by atoms with van der Waals surface area (Å²) in [5.74, 6) is 0.287. The Labute approximate surface area is 250 Å². The summed E-state index contributed by atoms with van der Waals surface area (Å²) >= 11 is 6.19. The predicted octanol–water partition coefficient (Wildman–Crippen LogP) is 7.62. The number of nitrogens with zero attached hydrogens (tertiary/aromatic N) is 2. The maximum absolute atomic E-state index is 14.0. The van der Waals surface area contributed by atoms with Gasteiger partial charge in [-0.05, 0) is 84.8 Å². The lowest BCUT2D eigenvalue weighted by atomic mass is 9.68. The van der Waals surface area contributed by atoms with Crippen LogP contribution in [0.25, 0.3) is 0 Å². The van der Waals surface area contributed by atoms with Gasteiger partial charge in [0.1, 0.15) is 29.7 Å². The summed E-state index contributed by atoms with van der Waals surface area (Å²) in [6.45, 7) is 8.24. The van der Waals surface area contributed by atoms with E-state index in [0.717, 1.165) is 33.6 Å². The first-order chi connectivity index (χ1) is 19.9. The summed E-state index contributed by atoms with van der Waals surface area (Å²) in [7, 11) is 1.60. The van der Waals surface area contributed by atoms with E-state index in [9.17, 15) is 14.4 Å². The number of ketones is 1. The van der Waals surface area contributed by atoms with Gasteiger partial charge in [-0.2, -0.15) is 5.26 Å². The molecule has 6 nitrogen and oxygen atoms in total. The molecular formula is C34H33ClFN3O3. The third-order valence-electron chi connectivity index (χ3n) is 8.00. The van der Waals surface area contributed by atoms with Gasteiger partial charge in [0.05, 0.1) is 29.7 Å². The zero-order valence-corrected chi connectivity index (χ0v) is 25.1. The molecule has 8 heteroatoms. The Kier molecular flexibility index (Phi) is 7.78. The summed E-state index contributed by atoms with van der Waals surface area (Å²) < 4.78 is 24.9. The highest BCUT2D eigenvalue weighted by atomic mass is 35.5. The van der Waals surface area contributed by atoms with Crippen LogP contribution in [-0.4, -0.2) is 12.9 Å². The van der Waals surface area contributed by atoms with Crippen molar-refractivity contribution in [2.45, 2.75) is 53.1 Å². The Balaban J connectivity index is 1.65. The fraction of sp³-hybridized carbons (Fsp3) is 0.294. The van der Waals surface area contributed by atoms with E-state index in [1.165, 1.54) is 18.2 Å². The summed E-state index contributed by atoms with van der Waals surface area (Å²) in [6, 6.07) is 17.8. The third kappa shape index (κ3) is 5.35. The molecule has 1 atom stereocenters. The first-order valence-corrected chi connectivity index (χ1v) is 14.1. The van der Waals surface area contributed by atoms with Gasteiger partial charge in [-0.15, -0.1) is 0 Å². The van der Waals surface area contributed by atoms with Gasteiger partial charge in [0, 0.05) is 23.4 Å². The van der Waals surface area contributed by atoms with Crippen LogP contribution in [0.15, 0.2) is 77.3 Å². The van der Waals surface area contributed by atoms with Gasteiger partial charge in [-0.25, -0.2) is 4.39 Å². The number of rotatable bonds is 6. The second-order valence-corrected chi connectivity index (χ2v) is 12.1. The van der Waals surface area contributed by atoms with Gasteiger partial charge < -0.3 is 15.2 Å². The molecule has 1 unspecified atom stereocenters. The molecule has 0 radical (unpaired) electrons. The van der Waals surface area contributed by atoms with Crippen LogP contribution in [0, 0.1) is 36.4 Å². The van der Waals surface area contributed by atoms with Crippen LogP contribution in [-0.2, 0) is 11.4 Å². The van der Waals surface area contributed by atoms with Crippen molar-refractivity contribution in [3.8, 4) is 17.6 Å². The fourth-order valence-electron chi connectivity index (χ4n) is 6.01. The highest BCUT2D eigenvalue weighted by Crippen LogP contribution is 2.51. The zero-order chi connectivity index (χ0) is 30.3. The normalized spacial score (nSPS) is 18.1. The van der Waals surface area contributed by atoms with E-state index in [4.69, 9.17) is 26.8 Å². The predicted molar refractivity (Wildman–Crippen MR) is 162 cm³/mol. The summed E-state index contributed by atoms with van der Waals surface area (Å²) in [6.07, 6.45) is 0.973. The Morgan fingerprint density at radius 2 is 1.83 bits per heavy atom. The molecule has 5 rings (SSSR count). The third-order valence-corrected chi connectivity index (χ3v) is 8.29. The number of halogens is 2. The van der Waals surface area contributed by atoms with Gasteiger partial charge in [-0.3, -0.25) is 9.69 Å². The minimum absolute atomic E-state index is 0.00168. The molecule has 0 saturated heterocycles. The van der Waals surface area contributed by atoms with E-state index in [-0.39, 0.29) is 22.8 Å². The molecule has 2 N–H and O–H groups in total. The molecule has 1 aliphatic heterocycles. The Morgan fingerprint density at radius 1 is 1.12 bits per heavy atom. The highest BCUT2D eigenvalue weighted by Gasteiger charge is 2.45. The molecule has 0 aromatic heterocycles. The van der Waals surface area contributed by atoms with E-state index < -0.39 is 11.7 Å². The minimum Gasteiger partial charge on any atom is -0.497 e. The van der Waals surface area contributed by atoms with Crippen molar-refractivity contribution in [1.82, 2.24) is 0 Å². The Hall–Kier alpha value is -4.28. The molecule has 216 valence electrons. The number of ether oxygens (including phenoxy) is 2. The van der Waals surface area contributed by atoms with Crippen molar-refractivity contribution in [3.05, 3.63) is 110 Å². The SMILES string of the molecule is COc1ccc(N2C(N)=C(C#N)C(c3cc(C)cc(COc4ccc(F)cc4Cl)c3C)C3=C2CC(C)(C)CC3=O)cc1. The molecule has 3 aromatic carbocycles. The van der Waals surface area contributed by atoms with Gasteiger partial charge in [0.2, 0.25) is 0 Å². The first kappa shape index (κ1) is 29.2. The first-order valence-electron chi connectivity index (χ1n) is 13.7. The number of anilines is 1. The lowest BCUT2D eigenvalue weighted by Crippen LogP contribution is -2.42. The average molecular weight is 586 g/mol. The fourth-order valence-corrected chi connectivity index (χ4v) is 6.23. The Morgan fingerprint density at radius 3 is 2.48 bits per heavy atom. The van der Waals surface area contributed by atoms with Gasteiger partial charge in [0.15, 0.2) is 5.78 Å². The molecular weight excluding hydrogens is 553 g/mol. The van der Waals surface area contributed by atoms with Crippen molar-refractivity contribution in [3.63, 3.8) is 0 Å². The number of nitriles is 1. The van der Waals surface area contributed by atoms with Crippen molar-refractivity contribution >= 4 is 23.1 Å². The lowest BCUT2D eigenvalue weighted by Gasteiger charge is -2.44. The molecule has 0 bridgehead atoms. The largest absolute Gasteiger partial charge is 0.497 e. The van der Waals surface area contributed by atoms with Gasteiger partial charge >= 0.3 is 0 Å². The van der Waals surface area contributed by atoms with Crippen LogP contribution in [0.5, 0.6) is 11.5 Å². The van der Waals surface area contributed by atoms with Crippen LogP contribution >= 0.6 is 11.6 Å². The van der Waals surface area contributed by atoms with Gasteiger partial charge in [0.25, 0.3) is 0 Å². The topological polar surface area (TPSA) is 88.6 Å². The van der Waals surface area contributed by atoms with E-state index in [1.54, 1.807) is 7.11 Å². The van der Waals surface area contributed by atoms with E-state index in [1.807, 2.05) is 55.1 Å². The lowest BCUT2D eigenvalue weighted by molar-refractivity contribution is -0.118. The summed E-state index contributed by atoms with van der Waals surface area (Å²) in [5.41, 5.74) is 12.5. The second kappa shape index (κ2) is 11.2. The molecule has 1 heterocycles. The number of allylic oxidation sites excluding steroid dienone is 3. The Bertz CT molecular complexity index is 1690.